The summed E-state index contributed by atoms with van der Waals surface area (Å²) in [5.41, 5.74) is 3.68. The Morgan fingerprint density at radius 2 is 1.43 bits per heavy atom. The molecule has 2 rings (SSSR count). The minimum Gasteiger partial charge on any atom is -0.330 e. The van der Waals surface area contributed by atoms with Crippen molar-refractivity contribution < 1.29 is 26.3 Å². The smallest absolute Gasteiger partial charge is 0.330 e. The standard InChI is InChI=1S/C16H13F6N/c17-15(18,19)11-5-6-12(10(9-11)7-8-23)13-3-1-2-4-14(13)16(20,21)22/h1-6,9H,7-8,23H2. The third-order valence-corrected chi connectivity index (χ3v) is 3.37. The van der Waals surface area contributed by atoms with E-state index in [4.69, 9.17) is 5.73 Å². The molecule has 0 aliphatic carbocycles. The van der Waals surface area contributed by atoms with Gasteiger partial charge in [0.25, 0.3) is 0 Å². The summed E-state index contributed by atoms with van der Waals surface area (Å²) in [7, 11) is 0. The Bertz CT molecular complexity index is 688. The minimum absolute atomic E-state index is 0.0303. The molecule has 0 heterocycles. The van der Waals surface area contributed by atoms with Gasteiger partial charge in [-0.3, -0.25) is 0 Å². The number of hydrogen-bond donors (Lipinski definition) is 1. The van der Waals surface area contributed by atoms with Crippen molar-refractivity contribution >= 4 is 0 Å². The largest absolute Gasteiger partial charge is 0.417 e. The highest BCUT2D eigenvalue weighted by Gasteiger charge is 2.35. The van der Waals surface area contributed by atoms with Gasteiger partial charge in [-0.1, -0.05) is 24.3 Å². The fourth-order valence-corrected chi connectivity index (χ4v) is 2.36. The summed E-state index contributed by atoms with van der Waals surface area (Å²) in [5.74, 6) is 0. The summed E-state index contributed by atoms with van der Waals surface area (Å²) in [4.78, 5) is 0. The van der Waals surface area contributed by atoms with E-state index in [0.29, 0.717) is 0 Å². The number of nitrogens with two attached hydrogens (primary N) is 1. The lowest BCUT2D eigenvalue weighted by Gasteiger charge is -2.17. The quantitative estimate of drug-likeness (QED) is 0.795. The molecule has 0 fully saturated rings. The first-order chi connectivity index (χ1) is 10.6. The minimum atomic E-state index is -4.60. The summed E-state index contributed by atoms with van der Waals surface area (Å²) < 4.78 is 77.7. The molecule has 0 amide bonds. The Kier molecular flexibility index (Phi) is 4.70. The van der Waals surface area contributed by atoms with Gasteiger partial charge in [0.15, 0.2) is 0 Å². The number of alkyl halides is 6. The molecule has 0 aromatic heterocycles. The fourth-order valence-electron chi connectivity index (χ4n) is 2.36. The van der Waals surface area contributed by atoms with Gasteiger partial charge in [-0.25, -0.2) is 0 Å². The molecular weight excluding hydrogens is 320 g/mol. The molecule has 0 atom stereocenters. The first-order valence-corrected chi connectivity index (χ1v) is 6.71. The molecule has 0 saturated heterocycles. The van der Waals surface area contributed by atoms with Crippen LogP contribution in [0.15, 0.2) is 42.5 Å². The molecule has 0 bridgehead atoms. The Hall–Kier alpha value is -2.02. The van der Waals surface area contributed by atoms with Crippen LogP contribution in [0.25, 0.3) is 11.1 Å². The van der Waals surface area contributed by atoms with Gasteiger partial charge in [0.2, 0.25) is 0 Å². The van der Waals surface area contributed by atoms with Crippen molar-refractivity contribution in [1.29, 1.82) is 0 Å². The third-order valence-electron chi connectivity index (χ3n) is 3.37. The van der Waals surface area contributed by atoms with Crippen LogP contribution in [0.3, 0.4) is 0 Å². The monoisotopic (exact) mass is 333 g/mol. The van der Waals surface area contributed by atoms with Crippen molar-refractivity contribution in [2.24, 2.45) is 5.73 Å². The predicted octanol–water partition coefficient (Wildman–Crippen LogP) is 4.89. The SMILES string of the molecule is NCCc1cc(C(F)(F)F)ccc1-c1ccccc1C(F)(F)F. The fraction of sp³-hybridized carbons (Fsp3) is 0.250. The van der Waals surface area contributed by atoms with Gasteiger partial charge in [-0.2, -0.15) is 26.3 Å². The average Bonchev–Trinajstić information content (AvgIpc) is 2.46. The van der Waals surface area contributed by atoms with Gasteiger partial charge in [0.1, 0.15) is 0 Å². The summed E-state index contributed by atoms with van der Waals surface area (Å²) in [6, 6.07) is 7.49. The highest BCUT2D eigenvalue weighted by Crippen LogP contribution is 2.39. The molecule has 7 heteroatoms. The number of rotatable bonds is 3. The molecule has 2 aromatic carbocycles. The van der Waals surface area contributed by atoms with Crippen LogP contribution in [0.2, 0.25) is 0 Å². The molecule has 124 valence electrons. The molecule has 2 N–H and O–H groups in total. The Labute approximate surface area is 128 Å². The number of benzene rings is 2. The summed E-state index contributed by atoms with van der Waals surface area (Å²) in [6.45, 7) is 0.0303. The van der Waals surface area contributed by atoms with Crippen LogP contribution in [0.4, 0.5) is 26.3 Å². The molecule has 0 spiro atoms. The van der Waals surface area contributed by atoms with E-state index < -0.39 is 23.5 Å². The second-order valence-electron chi connectivity index (χ2n) is 4.95. The molecule has 0 unspecified atom stereocenters. The van der Waals surface area contributed by atoms with Gasteiger partial charge in [0, 0.05) is 0 Å². The van der Waals surface area contributed by atoms with Crippen molar-refractivity contribution in [3.05, 3.63) is 59.2 Å². The van der Waals surface area contributed by atoms with E-state index in [1.807, 2.05) is 0 Å². The van der Waals surface area contributed by atoms with E-state index in [1.54, 1.807) is 0 Å². The second-order valence-corrected chi connectivity index (χ2v) is 4.95. The topological polar surface area (TPSA) is 26.0 Å². The van der Waals surface area contributed by atoms with E-state index in [1.165, 1.54) is 18.2 Å². The van der Waals surface area contributed by atoms with Crippen molar-refractivity contribution in [2.45, 2.75) is 18.8 Å². The normalized spacial score (nSPS) is 12.5. The maximum atomic E-state index is 13.1. The van der Waals surface area contributed by atoms with Crippen LogP contribution in [-0.4, -0.2) is 6.54 Å². The molecular formula is C16H13F6N. The maximum Gasteiger partial charge on any atom is 0.417 e. The number of halogens is 6. The molecule has 2 aromatic rings. The Morgan fingerprint density at radius 3 is 2.00 bits per heavy atom. The first kappa shape index (κ1) is 17.3. The van der Waals surface area contributed by atoms with Crippen molar-refractivity contribution in [3.8, 4) is 11.1 Å². The molecule has 23 heavy (non-hydrogen) atoms. The molecule has 0 aliphatic rings. The van der Waals surface area contributed by atoms with Gasteiger partial charge < -0.3 is 5.73 Å². The average molecular weight is 333 g/mol. The lowest BCUT2D eigenvalue weighted by atomic mass is 9.92. The molecule has 0 aliphatic heterocycles. The van der Waals surface area contributed by atoms with Crippen LogP contribution < -0.4 is 5.73 Å². The highest BCUT2D eigenvalue weighted by molar-refractivity contribution is 5.72. The molecule has 0 saturated carbocycles. The Balaban J connectivity index is 2.65. The van der Waals surface area contributed by atoms with E-state index >= 15 is 0 Å². The van der Waals surface area contributed by atoms with Gasteiger partial charge >= 0.3 is 12.4 Å². The highest BCUT2D eigenvalue weighted by atomic mass is 19.4. The first-order valence-electron chi connectivity index (χ1n) is 6.71. The van der Waals surface area contributed by atoms with E-state index in [-0.39, 0.29) is 29.7 Å². The van der Waals surface area contributed by atoms with Crippen molar-refractivity contribution in [1.82, 2.24) is 0 Å². The van der Waals surface area contributed by atoms with E-state index in [0.717, 1.165) is 24.3 Å². The summed E-state index contributed by atoms with van der Waals surface area (Å²) in [5, 5.41) is 0. The van der Waals surface area contributed by atoms with Gasteiger partial charge in [-0.15, -0.1) is 0 Å². The van der Waals surface area contributed by atoms with E-state index in [9.17, 15) is 26.3 Å². The predicted molar refractivity (Wildman–Crippen MR) is 74.6 cm³/mol. The zero-order chi connectivity index (χ0) is 17.3. The van der Waals surface area contributed by atoms with Gasteiger partial charge in [-0.05, 0) is 47.9 Å². The third kappa shape index (κ3) is 3.85. The lowest BCUT2D eigenvalue weighted by Crippen LogP contribution is -2.11. The maximum absolute atomic E-state index is 13.1. The van der Waals surface area contributed by atoms with Crippen LogP contribution in [0.1, 0.15) is 16.7 Å². The summed E-state index contributed by atoms with van der Waals surface area (Å²) in [6.07, 6.45) is -9.11. The van der Waals surface area contributed by atoms with Crippen LogP contribution in [0, 0.1) is 0 Å². The second kappa shape index (κ2) is 6.23. The van der Waals surface area contributed by atoms with Crippen LogP contribution in [0.5, 0.6) is 0 Å². The van der Waals surface area contributed by atoms with Crippen LogP contribution >= 0.6 is 0 Å². The number of hydrogen-bond acceptors (Lipinski definition) is 1. The lowest BCUT2D eigenvalue weighted by molar-refractivity contribution is -0.138. The van der Waals surface area contributed by atoms with E-state index in [2.05, 4.69) is 0 Å². The molecule has 1 nitrogen and oxygen atoms in total. The molecule has 0 radical (unpaired) electrons. The summed E-state index contributed by atoms with van der Waals surface area (Å²) >= 11 is 0. The van der Waals surface area contributed by atoms with Crippen LogP contribution in [-0.2, 0) is 18.8 Å². The Morgan fingerprint density at radius 1 is 0.783 bits per heavy atom. The zero-order valence-corrected chi connectivity index (χ0v) is 11.8. The van der Waals surface area contributed by atoms with Gasteiger partial charge in [0.05, 0.1) is 11.1 Å². The van der Waals surface area contributed by atoms with Crippen molar-refractivity contribution in [2.75, 3.05) is 6.54 Å². The van der Waals surface area contributed by atoms with Crippen molar-refractivity contribution in [3.63, 3.8) is 0 Å². The zero-order valence-electron chi connectivity index (χ0n) is 11.8.